The predicted octanol–water partition coefficient (Wildman–Crippen LogP) is 3.39. The van der Waals surface area contributed by atoms with E-state index in [9.17, 15) is 4.21 Å². The Kier molecular flexibility index (Phi) is 3.82. The third-order valence-electron chi connectivity index (χ3n) is 3.86. The van der Waals surface area contributed by atoms with Crippen LogP contribution in [0.25, 0.3) is 0 Å². The van der Waals surface area contributed by atoms with Crippen LogP contribution in [0.15, 0.2) is 48.6 Å². The molecule has 0 saturated carbocycles. The van der Waals surface area contributed by atoms with Gasteiger partial charge in [-0.3, -0.25) is 4.21 Å². The molecule has 2 aliphatic carbocycles. The molecule has 1 atom stereocenters. The Morgan fingerprint density at radius 2 is 1.35 bits per heavy atom. The van der Waals surface area contributed by atoms with E-state index < -0.39 is 10.8 Å². The lowest BCUT2D eigenvalue weighted by molar-refractivity contribution is 0.419. The Bertz CT molecular complexity index is 363. The van der Waals surface area contributed by atoms with Crippen molar-refractivity contribution in [1.29, 1.82) is 0 Å². The minimum Gasteiger partial charge on any atom is -0.259 e. The van der Waals surface area contributed by atoms with Gasteiger partial charge in [-0.25, -0.2) is 0 Å². The minimum absolute atomic E-state index is 0.165. The first-order valence-electron chi connectivity index (χ1n) is 6.34. The zero-order chi connectivity index (χ0) is 12.3. The normalized spacial score (nSPS) is 21.8. The van der Waals surface area contributed by atoms with Crippen LogP contribution in [0, 0.1) is 11.8 Å². The van der Waals surface area contributed by atoms with E-state index in [-0.39, 0.29) is 4.75 Å². The van der Waals surface area contributed by atoms with Gasteiger partial charge >= 0.3 is 0 Å². The summed E-state index contributed by atoms with van der Waals surface area (Å²) in [5.41, 5.74) is 0. The van der Waals surface area contributed by atoms with E-state index in [1.165, 1.54) is 0 Å². The van der Waals surface area contributed by atoms with Gasteiger partial charge in [-0.1, -0.05) is 62.5 Å². The van der Waals surface area contributed by atoms with Crippen LogP contribution in [0.5, 0.6) is 0 Å². The minimum atomic E-state index is -0.808. The second-order valence-electron chi connectivity index (χ2n) is 4.53. The van der Waals surface area contributed by atoms with Crippen LogP contribution >= 0.6 is 0 Å². The molecule has 0 aliphatic heterocycles. The third kappa shape index (κ3) is 1.99. The molecule has 0 aromatic rings. The molecule has 0 N–H and O–H groups in total. The van der Waals surface area contributed by atoms with Crippen LogP contribution in [-0.2, 0) is 10.8 Å². The maximum absolute atomic E-state index is 12.6. The first-order chi connectivity index (χ1) is 8.25. The van der Waals surface area contributed by atoms with Crippen LogP contribution in [0.3, 0.4) is 0 Å². The van der Waals surface area contributed by atoms with Gasteiger partial charge in [0.15, 0.2) is 0 Å². The molecular formula is C15H20OS. The van der Waals surface area contributed by atoms with Crippen molar-refractivity contribution in [3.05, 3.63) is 48.6 Å². The molecule has 1 unspecified atom stereocenters. The van der Waals surface area contributed by atoms with Gasteiger partial charge in [0.05, 0.1) is 4.75 Å². The Morgan fingerprint density at radius 1 is 0.941 bits per heavy atom. The third-order valence-corrected chi connectivity index (χ3v) is 6.07. The standard InChI is InChI=1S/C15H20OS/c1-3-15(17(16)4-2,13-9-5-6-10-13)14-11-7-8-12-14/h5-14H,3-4H2,1-2H3. The topological polar surface area (TPSA) is 17.1 Å². The maximum Gasteiger partial charge on any atom is 0.0650 e. The van der Waals surface area contributed by atoms with Gasteiger partial charge in [0.25, 0.3) is 0 Å². The highest BCUT2D eigenvalue weighted by Gasteiger charge is 2.45. The van der Waals surface area contributed by atoms with Crippen LogP contribution in [0.4, 0.5) is 0 Å². The zero-order valence-corrected chi connectivity index (χ0v) is 11.3. The molecule has 2 heteroatoms. The summed E-state index contributed by atoms with van der Waals surface area (Å²) in [7, 11) is -0.808. The molecule has 2 aliphatic rings. The Labute approximate surface area is 106 Å². The van der Waals surface area contributed by atoms with E-state index >= 15 is 0 Å². The van der Waals surface area contributed by atoms with Gasteiger partial charge < -0.3 is 0 Å². The smallest absolute Gasteiger partial charge is 0.0650 e. The average Bonchev–Trinajstić information content (AvgIpc) is 3.03. The molecule has 0 bridgehead atoms. The molecule has 0 amide bonds. The van der Waals surface area contributed by atoms with Crippen molar-refractivity contribution in [2.45, 2.75) is 25.0 Å². The SMILES string of the molecule is CCS(=O)C(CC)(C1C=CC=C1)C1C=CC=C1. The predicted molar refractivity (Wildman–Crippen MR) is 75.2 cm³/mol. The van der Waals surface area contributed by atoms with Crippen LogP contribution in [0.2, 0.25) is 0 Å². The van der Waals surface area contributed by atoms with E-state index in [4.69, 9.17) is 0 Å². The molecule has 0 saturated heterocycles. The molecule has 0 spiro atoms. The first kappa shape index (κ1) is 12.6. The van der Waals surface area contributed by atoms with E-state index in [0.717, 1.165) is 12.2 Å². The largest absolute Gasteiger partial charge is 0.259 e. The van der Waals surface area contributed by atoms with E-state index in [0.29, 0.717) is 11.8 Å². The second-order valence-corrected chi connectivity index (χ2v) is 6.56. The molecule has 1 nitrogen and oxygen atoms in total. The van der Waals surface area contributed by atoms with Crippen molar-refractivity contribution in [3.8, 4) is 0 Å². The fourth-order valence-electron chi connectivity index (χ4n) is 2.94. The van der Waals surface area contributed by atoms with Crippen LogP contribution in [-0.4, -0.2) is 14.7 Å². The average molecular weight is 248 g/mol. The number of hydrogen-bond donors (Lipinski definition) is 0. The van der Waals surface area contributed by atoms with E-state index in [1.807, 2.05) is 6.92 Å². The molecule has 92 valence electrons. The van der Waals surface area contributed by atoms with Gasteiger partial charge in [0.2, 0.25) is 0 Å². The zero-order valence-electron chi connectivity index (χ0n) is 10.5. The number of hydrogen-bond acceptors (Lipinski definition) is 1. The van der Waals surface area contributed by atoms with Gasteiger partial charge in [0, 0.05) is 28.4 Å². The quantitative estimate of drug-likeness (QED) is 0.729. The molecule has 0 aromatic carbocycles. The van der Waals surface area contributed by atoms with Crippen molar-refractivity contribution < 1.29 is 4.21 Å². The van der Waals surface area contributed by atoms with E-state index in [2.05, 4.69) is 55.5 Å². The first-order valence-corrected chi connectivity index (χ1v) is 7.66. The Hall–Kier alpha value is -0.890. The number of rotatable bonds is 5. The monoisotopic (exact) mass is 248 g/mol. The summed E-state index contributed by atoms with van der Waals surface area (Å²) in [6.45, 7) is 4.18. The van der Waals surface area contributed by atoms with Crippen molar-refractivity contribution in [1.82, 2.24) is 0 Å². The van der Waals surface area contributed by atoms with Gasteiger partial charge in [0.1, 0.15) is 0 Å². The Balaban J connectivity index is 2.42. The lowest BCUT2D eigenvalue weighted by Gasteiger charge is -2.39. The highest BCUT2D eigenvalue weighted by atomic mass is 32.2. The maximum atomic E-state index is 12.6. The second kappa shape index (κ2) is 5.18. The highest BCUT2D eigenvalue weighted by Crippen LogP contribution is 2.42. The summed E-state index contributed by atoms with van der Waals surface area (Å²) in [4.78, 5) is 0. The molecule has 0 heterocycles. The van der Waals surface area contributed by atoms with Gasteiger partial charge in [-0.05, 0) is 6.42 Å². The summed E-state index contributed by atoms with van der Waals surface area (Å²) in [5.74, 6) is 1.32. The van der Waals surface area contributed by atoms with Gasteiger partial charge in [-0.15, -0.1) is 0 Å². The van der Waals surface area contributed by atoms with Crippen molar-refractivity contribution >= 4 is 10.8 Å². The summed E-state index contributed by atoms with van der Waals surface area (Å²) >= 11 is 0. The van der Waals surface area contributed by atoms with Gasteiger partial charge in [-0.2, -0.15) is 0 Å². The number of allylic oxidation sites excluding steroid dienone is 8. The van der Waals surface area contributed by atoms with Crippen LogP contribution < -0.4 is 0 Å². The Morgan fingerprint density at radius 3 is 1.65 bits per heavy atom. The molecule has 17 heavy (non-hydrogen) atoms. The molecular weight excluding hydrogens is 228 g/mol. The van der Waals surface area contributed by atoms with E-state index in [1.54, 1.807) is 0 Å². The summed E-state index contributed by atoms with van der Waals surface area (Å²) in [6.07, 6.45) is 18.0. The molecule has 0 aromatic heterocycles. The van der Waals surface area contributed by atoms with Crippen molar-refractivity contribution in [3.63, 3.8) is 0 Å². The molecule has 0 radical (unpaired) electrons. The molecule has 0 fully saturated rings. The highest BCUT2D eigenvalue weighted by molar-refractivity contribution is 7.86. The van der Waals surface area contributed by atoms with Crippen molar-refractivity contribution in [2.24, 2.45) is 11.8 Å². The lowest BCUT2D eigenvalue weighted by atomic mass is 9.80. The van der Waals surface area contributed by atoms with Crippen LogP contribution in [0.1, 0.15) is 20.3 Å². The summed E-state index contributed by atoms with van der Waals surface area (Å²) in [6, 6.07) is 0. The fourth-order valence-corrected chi connectivity index (χ4v) is 4.72. The lowest BCUT2D eigenvalue weighted by Crippen LogP contribution is -2.46. The summed E-state index contributed by atoms with van der Waals surface area (Å²) < 4.78 is 12.4. The molecule has 2 rings (SSSR count). The fraction of sp³-hybridized carbons (Fsp3) is 0.467. The van der Waals surface area contributed by atoms with Crippen molar-refractivity contribution in [2.75, 3.05) is 5.75 Å². The summed E-state index contributed by atoms with van der Waals surface area (Å²) in [5, 5.41) is 0.